The van der Waals surface area contributed by atoms with Crippen LogP contribution in [0.2, 0.25) is 18.1 Å². The van der Waals surface area contributed by atoms with Crippen LogP contribution in [-0.2, 0) is 23.4 Å². The highest BCUT2D eigenvalue weighted by Gasteiger charge is 2.55. The topological polar surface area (TPSA) is 86.2 Å². The van der Waals surface area contributed by atoms with Gasteiger partial charge in [-0.15, -0.1) is 0 Å². The van der Waals surface area contributed by atoms with Gasteiger partial charge in [-0.1, -0.05) is 58.0 Å². The maximum atomic E-state index is 13.1. The lowest BCUT2D eigenvalue weighted by Gasteiger charge is -2.51. The maximum Gasteiger partial charge on any atom is 0.471 e. The van der Waals surface area contributed by atoms with Gasteiger partial charge in [0.1, 0.15) is 24.4 Å². The quantitative estimate of drug-likeness (QED) is 0.571. The van der Waals surface area contributed by atoms with E-state index in [2.05, 4.69) is 0 Å². The van der Waals surface area contributed by atoms with Crippen molar-refractivity contribution < 1.29 is 41.7 Å². The van der Waals surface area contributed by atoms with Crippen LogP contribution < -0.4 is 5.32 Å². The lowest BCUT2D eigenvalue weighted by atomic mass is 9.95. The molecule has 2 aliphatic rings. The summed E-state index contributed by atoms with van der Waals surface area (Å²) < 4.78 is 63.3. The number of fused-ring (bicyclic) bond motifs is 1. The number of rotatable bonds is 6. The Morgan fingerprint density at radius 3 is 2.35 bits per heavy atom. The molecule has 34 heavy (non-hydrogen) atoms. The number of aliphatic hydroxyl groups is 1. The van der Waals surface area contributed by atoms with Gasteiger partial charge in [0.25, 0.3) is 0 Å². The van der Waals surface area contributed by atoms with E-state index < -0.39 is 57.3 Å². The molecule has 2 saturated heterocycles. The Kier molecular flexibility index (Phi) is 7.86. The second kappa shape index (κ2) is 9.86. The first-order valence-electron chi connectivity index (χ1n) is 11.4. The lowest BCUT2D eigenvalue weighted by Crippen LogP contribution is -2.69. The zero-order valence-electron chi connectivity index (χ0n) is 20.3. The monoisotopic (exact) mass is 505 g/mol. The molecule has 1 aromatic rings. The highest BCUT2D eigenvalue weighted by atomic mass is 28.4. The first-order chi connectivity index (χ1) is 15.6. The Bertz CT molecular complexity index is 851. The minimum atomic E-state index is -5.13. The largest absolute Gasteiger partial charge is 0.471 e. The van der Waals surface area contributed by atoms with E-state index in [0.29, 0.717) is 5.56 Å². The van der Waals surface area contributed by atoms with Crippen LogP contribution in [0, 0.1) is 5.92 Å². The van der Waals surface area contributed by atoms with Gasteiger partial charge in [0.05, 0.1) is 6.61 Å². The molecule has 6 atom stereocenters. The van der Waals surface area contributed by atoms with Gasteiger partial charge in [0.2, 0.25) is 0 Å². The molecule has 11 heteroatoms. The Labute approximate surface area is 199 Å². The minimum Gasteiger partial charge on any atom is -0.391 e. The van der Waals surface area contributed by atoms with Crippen molar-refractivity contribution in [2.75, 3.05) is 6.61 Å². The molecule has 3 rings (SSSR count). The first-order valence-corrected chi connectivity index (χ1v) is 14.3. The standard InChI is InChI=1S/C23H34F3NO6Si/c1-13(2)22(3,4)34(5,6)33-20-16(27-21(29)23(24,25)26)17(28)18-15(31-20)12-30-19(32-18)14-10-8-7-9-11-14/h7-11,13,15-20,28H,12H2,1-6H3,(H,27,29)/t15-,16-,17-,18+,19?,20+/m1/s1. The summed E-state index contributed by atoms with van der Waals surface area (Å²) in [5, 5.41) is 12.7. The molecule has 0 aromatic heterocycles. The fourth-order valence-electron chi connectivity index (χ4n) is 4.00. The molecule has 0 bridgehead atoms. The second-order valence-electron chi connectivity index (χ2n) is 10.2. The third kappa shape index (κ3) is 5.49. The van der Waals surface area contributed by atoms with Crippen LogP contribution in [0.15, 0.2) is 30.3 Å². The van der Waals surface area contributed by atoms with Crippen molar-refractivity contribution in [2.24, 2.45) is 5.92 Å². The van der Waals surface area contributed by atoms with Crippen molar-refractivity contribution in [3.8, 4) is 0 Å². The zero-order valence-corrected chi connectivity index (χ0v) is 21.3. The summed E-state index contributed by atoms with van der Waals surface area (Å²) >= 11 is 0. The van der Waals surface area contributed by atoms with E-state index in [-0.39, 0.29) is 17.6 Å². The fraction of sp³-hybridized carbons (Fsp3) is 0.696. The number of aliphatic hydroxyl groups excluding tert-OH is 1. The Hall–Kier alpha value is -1.50. The van der Waals surface area contributed by atoms with Gasteiger partial charge in [-0.05, 0) is 24.1 Å². The van der Waals surface area contributed by atoms with Crippen LogP contribution in [0.3, 0.4) is 0 Å². The molecule has 0 saturated carbocycles. The molecular formula is C23H34F3NO6Si. The van der Waals surface area contributed by atoms with Crippen LogP contribution in [0.4, 0.5) is 13.2 Å². The lowest BCUT2D eigenvalue weighted by molar-refractivity contribution is -0.335. The van der Waals surface area contributed by atoms with Crippen molar-refractivity contribution in [3.05, 3.63) is 35.9 Å². The highest BCUT2D eigenvalue weighted by Crippen LogP contribution is 2.46. The predicted octanol–water partition coefficient (Wildman–Crippen LogP) is 3.89. The van der Waals surface area contributed by atoms with E-state index in [4.69, 9.17) is 18.6 Å². The van der Waals surface area contributed by atoms with Crippen molar-refractivity contribution in [1.29, 1.82) is 0 Å². The van der Waals surface area contributed by atoms with Crippen molar-refractivity contribution >= 4 is 14.2 Å². The zero-order chi connectivity index (χ0) is 25.5. The van der Waals surface area contributed by atoms with E-state index in [1.165, 1.54) is 0 Å². The molecule has 0 aliphatic carbocycles. The van der Waals surface area contributed by atoms with Gasteiger partial charge >= 0.3 is 12.1 Å². The first kappa shape index (κ1) is 27.1. The van der Waals surface area contributed by atoms with Gasteiger partial charge in [-0.3, -0.25) is 4.79 Å². The van der Waals surface area contributed by atoms with Crippen LogP contribution in [0.5, 0.6) is 0 Å². The summed E-state index contributed by atoms with van der Waals surface area (Å²) in [5.74, 6) is -1.96. The van der Waals surface area contributed by atoms with Gasteiger partial charge in [0.15, 0.2) is 20.9 Å². The summed E-state index contributed by atoms with van der Waals surface area (Å²) in [5.41, 5.74) is 0.689. The average molecular weight is 506 g/mol. The smallest absolute Gasteiger partial charge is 0.391 e. The number of nitrogens with one attached hydrogen (secondary N) is 1. The summed E-state index contributed by atoms with van der Waals surface area (Å²) in [6, 6.07) is 7.47. The van der Waals surface area contributed by atoms with E-state index in [1.807, 2.05) is 52.2 Å². The third-order valence-electron chi connectivity index (χ3n) is 7.40. The van der Waals surface area contributed by atoms with Gasteiger partial charge in [0, 0.05) is 5.56 Å². The van der Waals surface area contributed by atoms with Crippen molar-refractivity contribution in [2.45, 2.75) is 88.9 Å². The maximum absolute atomic E-state index is 13.1. The van der Waals surface area contributed by atoms with Crippen molar-refractivity contribution in [3.63, 3.8) is 0 Å². The molecule has 2 aliphatic heterocycles. The van der Waals surface area contributed by atoms with Gasteiger partial charge < -0.3 is 29.1 Å². The molecule has 2 fully saturated rings. The Morgan fingerprint density at radius 2 is 1.79 bits per heavy atom. The molecule has 7 nitrogen and oxygen atoms in total. The number of hydrogen-bond acceptors (Lipinski definition) is 6. The molecule has 0 spiro atoms. The summed E-state index contributed by atoms with van der Waals surface area (Å²) in [6.45, 7) is 12.1. The number of carbonyl (C=O) groups is 1. The molecule has 1 amide bonds. The summed E-state index contributed by atoms with van der Waals surface area (Å²) in [4.78, 5) is 11.8. The molecule has 2 N–H and O–H groups in total. The Morgan fingerprint density at radius 1 is 1.18 bits per heavy atom. The normalized spacial score (nSPS) is 30.7. The molecule has 0 radical (unpaired) electrons. The second-order valence-corrected chi connectivity index (χ2v) is 14.8. The highest BCUT2D eigenvalue weighted by molar-refractivity contribution is 6.74. The van der Waals surface area contributed by atoms with Crippen LogP contribution >= 0.6 is 0 Å². The van der Waals surface area contributed by atoms with Gasteiger partial charge in [-0.2, -0.15) is 13.2 Å². The van der Waals surface area contributed by atoms with E-state index in [1.54, 1.807) is 24.3 Å². The minimum absolute atomic E-state index is 0.0383. The Balaban J connectivity index is 1.87. The number of halogens is 3. The fourth-order valence-corrected chi connectivity index (χ4v) is 6.47. The number of amides is 1. The molecular weight excluding hydrogens is 471 g/mol. The van der Waals surface area contributed by atoms with Crippen LogP contribution in [0.1, 0.15) is 39.5 Å². The van der Waals surface area contributed by atoms with Crippen LogP contribution in [-0.4, -0.2) is 62.8 Å². The molecule has 2 heterocycles. The number of ether oxygens (including phenoxy) is 3. The SMILES string of the molecule is CC(C)C(C)(C)[Si](C)(C)O[C@@H]1O[C@@H]2COC(c3ccccc3)O[C@@H]2[C@H](O)[C@H]1NC(=O)C(F)(F)F. The van der Waals surface area contributed by atoms with E-state index >= 15 is 0 Å². The number of hydrogen-bond donors (Lipinski definition) is 2. The molecule has 1 unspecified atom stereocenters. The predicted molar refractivity (Wildman–Crippen MR) is 120 cm³/mol. The number of alkyl halides is 3. The molecule has 1 aromatic carbocycles. The molecule has 192 valence electrons. The summed E-state index contributed by atoms with van der Waals surface area (Å²) in [7, 11) is -2.62. The number of carbonyl (C=O) groups excluding carboxylic acids is 1. The van der Waals surface area contributed by atoms with E-state index in [0.717, 1.165) is 0 Å². The van der Waals surface area contributed by atoms with Crippen LogP contribution in [0.25, 0.3) is 0 Å². The van der Waals surface area contributed by atoms with E-state index in [9.17, 15) is 23.1 Å². The average Bonchev–Trinajstić information content (AvgIpc) is 2.75. The number of benzene rings is 1. The third-order valence-corrected chi connectivity index (χ3v) is 11.9. The van der Waals surface area contributed by atoms with Crippen molar-refractivity contribution in [1.82, 2.24) is 5.32 Å². The summed E-state index contributed by atoms with van der Waals surface area (Å²) in [6.07, 6.45) is -10.6. The van der Waals surface area contributed by atoms with Gasteiger partial charge in [-0.25, -0.2) is 0 Å².